The SMILES string of the molecule is NC(=O)CN1CCC[C@@H](C(=O)NCCc2nc3c(s2)CCCC3)C1. The molecule has 1 aliphatic carbocycles. The molecule has 1 aromatic rings. The largest absolute Gasteiger partial charge is 0.369 e. The summed E-state index contributed by atoms with van der Waals surface area (Å²) in [6.45, 7) is 2.35. The van der Waals surface area contributed by atoms with E-state index in [1.807, 2.05) is 16.2 Å². The van der Waals surface area contributed by atoms with Crippen LogP contribution in [0, 0.1) is 5.92 Å². The van der Waals surface area contributed by atoms with Crippen LogP contribution >= 0.6 is 11.3 Å². The van der Waals surface area contributed by atoms with Gasteiger partial charge >= 0.3 is 0 Å². The normalized spacial score (nSPS) is 21.2. The van der Waals surface area contributed by atoms with Crippen molar-refractivity contribution in [1.29, 1.82) is 0 Å². The number of rotatable bonds is 6. The van der Waals surface area contributed by atoms with E-state index in [0.717, 1.165) is 43.7 Å². The van der Waals surface area contributed by atoms with Crippen molar-refractivity contribution in [2.45, 2.75) is 44.9 Å². The fourth-order valence-corrected chi connectivity index (χ4v) is 4.74. The molecule has 1 atom stereocenters. The lowest BCUT2D eigenvalue weighted by molar-refractivity contribution is -0.128. The van der Waals surface area contributed by atoms with Crippen molar-refractivity contribution in [3.8, 4) is 0 Å². The standard InChI is InChI=1S/C17H26N4O2S/c18-15(22)11-21-9-3-4-12(10-21)17(23)19-8-7-16-20-13-5-1-2-6-14(13)24-16/h12H,1-11H2,(H2,18,22)(H,19,23)/t12-/m1/s1. The van der Waals surface area contributed by atoms with Gasteiger partial charge in [-0.3, -0.25) is 14.5 Å². The zero-order valence-electron chi connectivity index (χ0n) is 14.1. The number of piperidine rings is 1. The summed E-state index contributed by atoms with van der Waals surface area (Å²) in [6, 6.07) is 0. The molecule has 2 heterocycles. The smallest absolute Gasteiger partial charge is 0.231 e. The number of carbonyl (C=O) groups excluding carboxylic acids is 2. The first kappa shape index (κ1) is 17.4. The molecule has 1 fully saturated rings. The second kappa shape index (κ2) is 8.07. The lowest BCUT2D eigenvalue weighted by Gasteiger charge is -2.30. The Labute approximate surface area is 146 Å². The van der Waals surface area contributed by atoms with Crippen molar-refractivity contribution < 1.29 is 9.59 Å². The van der Waals surface area contributed by atoms with Crippen LogP contribution in [0.3, 0.4) is 0 Å². The number of nitrogens with zero attached hydrogens (tertiary/aromatic N) is 2. The minimum Gasteiger partial charge on any atom is -0.369 e. The summed E-state index contributed by atoms with van der Waals surface area (Å²) < 4.78 is 0. The molecule has 0 aromatic carbocycles. The Morgan fingerprint density at radius 1 is 1.29 bits per heavy atom. The van der Waals surface area contributed by atoms with Gasteiger partial charge in [-0.1, -0.05) is 0 Å². The molecule has 1 aliphatic heterocycles. The predicted octanol–water partition coefficient (Wildman–Crippen LogP) is 0.878. The monoisotopic (exact) mass is 350 g/mol. The number of likely N-dealkylation sites (tertiary alicyclic amines) is 1. The number of fused-ring (bicyclic) bond motifs is 1. The van der Waals surface area contributed by atoms with E-state index in [9.17, 15) is 9.59 Å². The van der Waals surface area contributed by atoms with E-state index >= 15 is 0 Å². The van der Waals surface area contributed by atoms with Crippen LogP contribution in [0.4, 0.5) is 0 Å². The Morgan fingerprint density at radius 2 is 2.12 bits per heavy atom. The van der Waals surface area contributed by atoms with Crippen LogP contribution < -0.4 is 11.1 Å². The van der Waals surface area contributed by atoms with Gasteiger partial charge in [0.2, 0.25) is 11.8 Å². The van der Waals surface area contributed by atoms with E-state index < -0.39 is 0 Å². The van der Waals surface area contributed by atoms with E-state index in [1.165, 1.54) is 23.4 Å². The van der Waals surface area contributed by atoms with E-state index in [0.29, 0.717) is 13.1 Å². The lowest BCUT2D eigenvalue weighted by Crippen LogP contribution is -2.46. The molecule has 0 unspecified atom stereocenters. The predicted molar refractivity (Wildman–Crippen MR) is 93.8 cm³/mol. The highest BCUT2D eigenvalue weighted by molar-refractivity contribution is 7.11. The van der Waals surface area contributed by atoms with E-state index in [2.05, 4.69) is 5.32 Å². The van der Waals surface area contributed by atoms with Gasteiger partial charge < -0.3 is 11.1 Å². The number of hydrogen-bond donors (Lipinski definition) is 2. The van der Waals surface area contributed by atoms with Crippen molar-refractivity contribution in [1.82, 2.24) is 15.2 Å². The summed E-state index contributed by atoms with van der Waals surface area (Å²) in [4.78, 5) is 31.5. The van der Waals surface area contributed by atoms with E-state index in [1.54, 1.807) is 0 Å². The molecule has 24 heavy (non-hydrogen) atoms. The minimum atomic E-state index is -0.330. The van der Waals surface area contributed by atoms with Crippen LogP contribution in [0.15, 0.2) is 0 Å². The summed E-state index contributed by atoms with van der Waals surface area (Å²) >= 11 is 1.81. The topological polar surface area (TPSA) is 88.3 Å². The lowest BCUT2D eigenvalue weighted by atomic mass is 9.97. The number of aryl methyl sites for hydroxylation is 2. The third-order valence-corrected chi connectivity index (χ3v) is 6.00. The van der Waals surface area contributed by atoms with E-state index in [-0.39, 0.29) is 24.3 Å². The molecule has 3 N–H and O–H groups in total. The first-order valence-corrected chi connectivity index (χ1v) is 9.69. The van der Waals surface area contributed by atoms with Gasteiger partial charge in [-0.2, -0.15) is 0 Å². The fraction of sp³-hybridized carbons (Fsp3) is 0.706. The summed E-state index contributed by atoms with van der Waals surface area (Å²) in [7, 11) is 0. The van der Waals surface area contributed by atoms with Gasteiger partial charge in [0.05, 0.1) is 23.2 Å². The molecule has 0 saturated carbocycles. The van der Waals surface area contributed by atoms with Gasteiger partial charge in [0.15, 0.2) is 0 Å². The molecular weight excluding hydrogens is 324 g/mol. The molecule has 7 heteroatoms. The first-order chi connectivity index (χ1) is 11.6. The molecule has 0 bridgehead atoms. The molecule has 1 aromatic heterocycles. The maximum atomic E-state index is 12.3. The number of primary amides is 1. The summed E-state index contributed by atoms with van der Waals surface area (Å²) in [5.41, 5.74) is 6.52. The molecule has 0 radical (unpaired) electrons. The molecule has 1 saturated heterocycles. The summed E-state index contributed by atoms with van der Waals surface area (Å²) in [6.07, 6.45) is 7.41. The van der Waals surface area contributed by atoms with Crippen LogP contribution in [-0.4, -0.2) is 47.9 Å². The molecule has 3 rings (SSSR count). The second-order valence-corrected chi connectivity index (χ2v) is 7.93. The number of amides is 2. The van der Waals surface area contributed by atoms with Crippen LogP contribution in [0.2, 0.25) is 0 Å². The molecule has 2 amide bonds. The van der Waals surface area contributed by atoms with Crippen LogP contribution in [0.1, 0.15) is 41.3 Å². The van der Waals surface area contributed by atoms with Crippen LogP contribution in [0.25, 0.3) is 0 Å². The van der Waals surface area contributed by atoms with Crippen molar-refractivity contribution in [3.05, 3.63) is 15.6 Å². The highest BCUT2D eigenvalue weighted by Crippen LogP contribution is 2.26. The van der Waals surface area contributed by atoms with Crippen molar-refractivity contribution in [2.24, 2.45) is 11.7 Å². The average Bonchev–Trinajstić information content (AvgIpc) is 2.97. The third kappa shape index (κ3) is 4.54. The Bertz CT molecular complexity index is 578. The van der Waals surface area contributed by atoms with Crippen LogP contribution in [-0.2, 0) is 28.9 Å². The van der Waals surface area contributed by atoms with Crippen molar-refractivity contribution >= 4 is 23.2 Å². The van der Waals surface area contributed by atoms with Gasteiger partial charge in [0, 0.05) is 24.4 Å². The fourth-order valence-electron chi connectivity index (χ4n) is 3.58. The van der Waals surface area contributed by atoms with Gasteiger partial charge in [-0.15, -0.1) is 11.3 Å². The third-order valence-electron chi connectivity index (χ3n) is 4.78. The highest BCUT2D eigenvalue weighted by Gasteiger charge is 2.26. The van der Waals surface area contributed by atoms with Crippen LogP contribution in [0.5, 0.6) is 0 Å². The van der Waals surface area contributed by atoms with Gasteiger partial charge in [-0.05, 0) is 45.1 Å². The number of thiazole rings is 1. The Balaban J connectivity index is 1.43. The average molecular weight is 350 g/mol. The first-order valence-electron chi connectivity index (χ1n) is 8.87. The second-order valence-electron chi connectivity index (χ2n) is 6.77. The number of carbonyl (C=O) groups is 2. The number of nitrogens with one attached hydrogen (secondary N) is 1. The molecule has 2 aliphatic rings. The molecule has 6 nitrogen and oxygen atoms in total. The molecule has 132 valence electrons. The van der Waals surface area contributed by atoms with Gasteiger partial charge in [0.1, 0.15) is 0 Å². The molecule has 0 spiro atoms. The highest BCUT2D eigenvalue weighted by atomic mass is 32.1. The maximum Gasteiger partial charge on any atom is 0.231 e. The minimum absolute atomic E-state index is 0.0393. The summed E-state index contributed by atoms with van der Waals surface area (Å²) in [5.74, 6) is -0.281. The molecular formula is C17H26N4O2S. The maximum absolute atomic E-state index is 12.3. The quantitative estimate of drug-likeness (QED) is 0.797. The zero-order valence-corrected chi connectivity index (χ0v) is 14.9. The number of hydrogen-bond acceptors (Lipinski definition) is 5. The van der Waals surface area contributed by atoms with E-state index in [4.69, 9.17) is 10.7 Å². The van der Waals surface area contributed by atoms with Gasteiger partial charge in [-0.25, -0.2) is 4.98 Å². The number of nitrogens with two attached hydrogens (primary N) is 1. The summed E-state index contributed by atoms with van der Waals surface area (Å²) in [5, 5.41) is 4.18. The Morgan fingerprint density at radius 3 is 2.92 bits per heavy atom. The Hall–Kier alpha value is -1.47. The van der Waals surface area contributed by atoms with Crippen molar-refractivity contribution in [3.63, 3.8) is 0 Å². The number of aromatic nitrogens is 1. The Kier molecular flexibility index (Phi) is 5.84. The van der Waals surface area contributed by atoms with Gasteiger partial charge in [0.25, 0.3) is 0 Å². The zero-order chi connectivity index (χ0) is 16.9. The van der Waals surface area contributed by atoms with Crippen molar-refractivity contribution in [2.75, 3.05) is 26.2 Å².